The van der Waals surface area contributed by atoms with E-state index in [1.807, 2.05) is 0 Å². The van der Waals surface area contributed by atoms with Crippen LogP contribution in [0.3, 0.4) is 0 Å². The number of nitrogens with zero attached hydrogens (tertiary/aromatic N) is 2. The van der Waals surface area contributed by atoms with Gasteiger partial charge in [0.25, 0.3) is 0 Å². The molecule has 2 N–H and O–H groups in total. The smallest absolute Gasteiger partial charge is 0.411 e. The number of anilines is 2. The van der Waals surface area contributed by atoms with Crippen molar-refractivity contribution in [3.05, 3.63) is 18.3 Å². The topological polar surface area (TPSA) is 65.5 Å². The highest BCUT2D eigenvalue weighted by molar-refractivity contribution is 6.54. The molecule has 0 bridgehead atoms. The van der Waals surface area contributed by atoms with Crippen molar-refractivity contribution >= 4 is 24.5 Å². The van der Waals surface area contributed by atoms with Crippen LogP contribution in [0.5, 0.6) is 0 Å². The number of carbonyl (C=O) groups excluding carboxylic acids is 1. The molecule has 0 spiro atoms. The largest absolute Gasteiger partial charge is 0.432 e. The van der Waals surface area contributed by atoms with Gasteiger partial charge in [0.05, 0.1) is 12.2 Å². The van der Waals surface area contributed by atoms with Crippen LogP contribution < -0.4 is 10.1 Å². The Labute approximate surface area is 81.9 Å². The summed E-state index contributed by atoms with van der Waals surface area (Å²) in [6.45, 7) is 1.75. The van der Waals surface area contributed by atoms with Gasteiger partial charge in [0.1, 0.15) is 5.82 Å². The molecule has 0 radical (unpaired) electrons. The Kier molecular flexibility index (Phi) is 2.13. The first-order valence-corrected chi connectivity index (χ1v) is 4.38. The number of pyridine rings is 1. The van der Waals surface area contributed by atoms with Crippen molar-refractivity contribution in [1.82, 2.24) is 4.98 Å². The summed E-state index contributed by atoms with van der Waals surface area (Å²) < 4.78 is 0. The third kappa shape index (κ3) is 1.44. The van der Waals surface area contributed by atoms with Gasteiger partial charge in [-0.25, -0.2) is 4.98 Å². The van der Waals surface area contributed by atoms with Crippen LogP contribution in [-0.4, -0.2) is 29.5 Å². The maximum Gasteiger partial charge on any atom is 0.411 e. The van der Waals surface area contributed by atoms with Crippen LogP contribution >= 0.6 is 0 Å². The quantitative estimate of drug-likeness (QED) is 0.610. The Hall–Kier alpha value is -1.56. The minimum atomic E-state index is -0.713. The van der Waals surface area contributed by atoms with Crippen LogP contribution in [-0.2, 0) is 4.79 Å². The number of hydrogen-bond acceptors (Lipinski definition) is 4. The Bertz CT molecular complexity index is 369. The highest BCUT2D eigenvalue weighted by atomic mass is 16.2. The third-order valence-electron chi connectivity index (χ3n) is 2.10. The fraction of sp³-hybridized carbons (Fsp3) is 0.250. The number of aromatic nitrogens is 1. The zero-order valence-corrected chi connectivity index (χ0v) is 7.77. The molecule has 0 aromatic carbocycles. The van der Waals surface area contributed by atoms with Gasteiger partial charge in [-0.05, 0) is 19.0 Å². The highest BCUT2D eigenvalue weighted by Crippen LogP contribution is 2.26. The molecule has 0 atom stereocenters. The van der Waals surface area contributed by atoms with Crippen LogP contribution in [0, 0.1) is 0 Å². The van der Waals surface area contributed by atoms with E-state index >= 15 is 0 Å². The van der Waals surface area contributed by atoms with Gasteiger partial charge in [0.2, 0.25) is 5.91 Å². The van der Waals surface area contributed by atoms with Crippen molar-refractivity contribution in [2.45, 2.75) is 6.82 Å². The Morgan fingerprint density at radius 2 is 2.50 bits per heavy atom. The summed E-state index contributed by atoms with van der Waals surface area (Å²) in [5.41, 5.74) is 0.643. The first-order valence-electron chi connectivity index (χ1n) is 4.38. The van der Waals surface area contributed by atoms with E-state index in [-0.39, 0.29) is 12.5 Å². The Morgan fingerprint density at radius 1 is 1.71 bits per heavy atom. The molecule has 2 rings (SSSR count). The summed E-state index contributed by atoms with van der Waals surface area (Å²) in [4.78, 5) is 16.9. The lowest BCUT2D eigenvalue weighted by atomic mass is 9.84. The van der Waals surface area contributed by atoms with Crippen molar-refractivity contribution in [2.75, 3.05) is 16.7 Å². The van der Waals surface area contributed by atoms with E-state index in [1.165, 1.54) is 0 Å². The molecule has 0 aliphatic carbocycles. The third-order valence-corrected chi connectivity index (χ3v) is 2.10. The lowest BCUT2D eigenvalue weighted by molar-refractivity contribution is -0.115. The number of amides is 1. The fourth-order valence-electron chi connectivity index (χ4n) is 1.45. The van der Waals surface area contributed by atoms with E-state index in [2.05, 4.69) is 10.3 Å². The van der Waals surface area contributed by atoms with E-state index in [4.69, 9.17) is 0 Å². The van der Waals surface area contributed by atoms with E-state index in [0.29, 0.717) is 11.5 Å². The van der Waals surface area contributed by atoms with Crippen molar-refractivity contribution < 1.29 is 9.82 Å². The van der Waals surface area contributed by atoms with Crippen molar-refractivity contribution in [2.24, 2.45) is 0 Å². The van der Waals surface area contributed by atoms with E-state index in [1.54, 1.807) is 30.0 Å². The van der Waals surface area contributed by atoms with Gasteiger partial charge >= 0.3 is 7.05 Å². The van der Waals surface area contributed by atoms with Gasteiger partial charge in [-0.3, -0.25) is 4.79 Å². The molecule has 1 aliphatic rings. The first kappa shape index (κ1) is 9.02. The van der Waals surface area contributed by atoms with Crippen LogP contribution in [0.25, 0.3) is 0 Å². The summed E-state index contributed by atoms with van der Waals surface area (Å²) in [6, 6.07) is 3.50. The fourth-order valence-corrected chi connectivity index (χ4v) is 1.45. The minimum absolute atomic E-state index is 0.133. The maximum absolute atomic E-state index is 11.2. The Morgan fingerprint density at radius 3 is 3.21 bits per heavy atom. The minimum Gasteiger partial charge on any atom is -0.432 e. The molecule has 0 saturated carbocycles. The summed E-state index contributed by atoms with van der Waals surface area (Å²) in [5.74, 6) is 0.480. The second-order valence-corrected chi connectivity index (χ2v) is 3.18. The summed E-state index contributed by atoms with van der Waals surface area (Å²) in [6.07, 6.45) is 1.63. The molecule has 0 saturated heterocycles. The Balaban J connectivity index is 2.43. The molecule has 1 amide bonds. The summed E-state index contributed by atoms with van der Waals surface area (Å²) in [7, 11) is -0.713. The predicted molar refractivity (Wildman–Crippen MR) is 54.0 cm³/mol. The van der Waals surface area contributed by atoms with Crippen LogP contribution in [0.2, 0.25) is 6.82 Å². The summed E-state index contributed by atoms with van der Waals surface area (Å²) in [5, 5.41) is 12.1. The molecule has 0 unspecified atom stereocenters. The molecule has 5 nitrogen and oxygen atoms in total. The predicted octanol–water partition coefficient (Wildman–Crippen LogP) is -0.0496. The zero-order chi connectivity index (χ0) is 10.1. The molecular formula is C8H10BN3O2. The molecule has 14 heavy (non-hydrogen) atoms. The second kappa shape index (κ2) is 3.30. The standard InChI is InChI=1S/C8H10BN3O2/c1-9(14)12-5-7(13)11-6-3-2-4-10-8(6)12/h2-4,14H,5H2,1H3,(H,11,13). The van der Waals surface area contributed by atoms with Gasteiger partial charge in [-0.15, -0.1) is 0 Å². The molecule has 0 fully saturated rings. The van der Waals surface area contributed by atoms with Gasteiger partial charge in [-0.1, -0.05) is 0 Å². The van der Waals surface area contributed by atoms with E-state index < -0.39 is 7.05 Å². The molecule has 72 valence electrons. The number of nitrogens with one attached hydrogen (secondary N) is 1. The SMILES string of the molecule is CB(O)N1CC(=O)Nc2cccnc21. The molecule has 1 aliphatic heterocycles. The van der Waals surface area contributed by atoms with Crippen molar-refractivity contribution in [3.63, 3.8) is 0 Å². The molecular weight excluding hydrogens is 181 g/mol. The van der Waals surface area contributed by atoms with Gasteiger partial charge in [-0.2, -0.15) is 0 Å². The zero-order valence-electron chi connectivity index (χ0n) is 7.77. The monoisotopic (exact) mass is 191 g/mol. The van der Waals surface area contributed by atoms with Crippen LogP contribution in [0.4, 0.5) is 11.5 Å². The van der Waals surface area contributed by atoms with Gasteiger partial charge in [0, 0.05) is 6.20 Å². The van der Waals surface area contributed by atoms with Crippen molar-refractivity contribution in [1.29, 1.82) is 0 Å². The molecule has 6 heteroatoms. The van der Waals surface area contributed by atoms with Crippen LogP contribution in [0.1, 0.15) is 0 Å². The van der Waals surface area contributed by atoms with Gasteiger partial charge < -0.3 is 15.2 Å². The maximum atomic E-state index is 11.2. The van der Waals surface area contributed by atoms with Gasteiger partial charge in [0.15, 0.2) is 0 Å². The van der Waals surface area contributed by atoms with E-state index in [9.17, 15) is 9.82 Å². The number of rotatable bonds is 1. The highest BCUT2D eigenvalue weighted by Gasteiger charge is 2.27. The number of carbonyl (C=O) groups is 1. The number of fused-ring (bicyclic) bond motifs is 1. The second-order valence-electron chi connectivity index (χ2n) is 3.18. The average molecular weight is 191 g/mol. The van der Waals surface area contributed by atoms with E-state index in [0.717, 1.165) is 0 Å². The summed E-state index contributed by atoms with van der Waals surface area (Å²) >= 11 is 0. The molecule has 1 aromatic rings. The molecule has 1 aromatic heterocycles. The first-order chi connectivity index (χ1) is 6.68. The molecule has 2 heterocycles. The van der Waals surface area contributed by atoms with Crippen molar-refractivity contribution in [3.8, 4) is 0 Å². The van der Waals surface area contributed by atoms with Crippen LogP contribution in [0.15, 0.2) is 18.3 Å². The number of hydrogen-bond donors (Lipinski definition) is 2. The lowest BCUT2D eigenvalue weighted by Gasteiger charge is -2.30. The lowest BCUT2D eigenvalue weighted by Crippen LogP contribution is -2.46. The normalized spacial score (nSPS) is 14.7. The average Bonchev–Trinajstić information content (AvgIpc) is 2.16.